The lowest BCUT2D eigenvalue weighted by Gasteiger charge is -2.12. The third-order valence-electron chi connectivity index (χ3n) is 2.66. The second-order valence-electron chi connectivity index (χ2n) is 4.08. The molecule has 0 saturated carbocycles. The lowest BCUT2D eigenvalue weighted by molar-refractivity contribution is 0.600. The summed E-state index contributed by atoms with van der Waals surface area (Å²) < 4.78 is 39.9. The number of rotatable bonds is 4. The van der Waals surface area contributed by atoms with Crippen molar-refractivity contribution in [2.24, 2.45) is 5.84 Å². The highest BCUT2D eigenvalue weighted by Gasteiger charge is 2.19. The number of benzene rings is 1. The fourth-order valence-corrected chi connectivity index (χ4v) is 2.90. The van der Waals surface area contributed by atoms with Crippen molar-refractivity contribution in [2.45, 2.75) is 11.8 Å². The van der Waals surface area contributed by atoms with E-state index in [1.165, 1.54) is 36.7 Å². The Morgan fingerprint density at radius 3 is 2.65 bits per heavy atom. The summed E-state index contributed by atoms with van der Waals surface area (Å²) in [7, 11) is -3.87. The zero-order valence-corrected chi connectivity index (χ0v) is 11.4. The Morgan fingerprint density at radius 1 is 1.25 bits per heavy atom. The largest absolute Gasteiger partial charge is 0.323 e. The van der Waals surface area contributed by atoms with Gasteiger partial charge >= 0.3 is 0 Å². The van der Waals surface area contributed by atoms with Crippen LogP contribution in [0.25, 0.3) is 0 Å². The van der Waals surface area contributed by atoms with Crippen molar-refractivity contribution >= 4 is 21.4 Å². The number of nitrogen functional groups attached to an aromatic ring is 1. The maximum absolute atomic E-state index is 13.0. The van der Waals surface area contributed by atoms with Crippen LogP contribution in [0.2, 0.25) is 0 Å². The van der Waals surface area contributed by atoms with Crippen LogP contribution in [0.1, 0.15) is 5.56 Å². The molecular weight excluding hydrogens is 283 g/mol. The summed E-state index contributed by atoms with van der Waals surface area (Å²) in [6, 6.07) is 5.21. The Morgan fingerprint density at radius 2 is 2.00 bits per heavy atom. The minimum absolute atomic E-state index is 0.0915. The first kappa shape index (κ1) is 14.2. The van der Waals surface area contributed by atoms with Crippen molar-refractivity contribution in [3.63, 3.8) is 0 Å². The highest BCUT2D eigenvalue weighted by Crippen LogP contribution is 2.24. The van der Waals surface area contributed by atoms with Crippen LogP contribution in [0.15, 0.2) is 41.6 Å². The number of anilines is 2. The molecule has 0 fully saturated rings. The van der Waals surface area contributed by atoms with E-state index < -0.39 is 15.8 Å². The van der Waals surface area contributed by atoms with Gasteiger partial charge in [-0.25, -0.2) is 12.8 Å². The summed E-state index contributed by atoms with van der Waals surface area (Å²) in [6.07, 6.45) is 2.59. The van der Waals surface area contributed by atoms with Gasteiger partial charge in [-0.2, -0.15) is 0 Å². The second-order valence-corrected chi connectivity index (χ2v) is 5.73. The third kappa shape index (κ3) is 2.86. The van der Waals surface area contributed by atoms with Crippen molar-refractivity contribution in [1.82, 2.24) is 4.98 Å². The van der Waals surface area contributed by atoms with Gasteiger partial charge in [-0.1, -0.05) is 0 Å². The minimum Gasteiger partial charge on any atom is -0.323 e. The van der Waals surface area contributed by atoms with Gasteiger partial charge in [0.25, 0.3) is 10.0 Å². The number of hydrogen-bond acceptors (Lipinski definition) is 5. The van der Waals surface area contributed by atoms with Gasteiger partial charge in [0, 0.05) is 12.4 Å². The van der Waals surface area contributed by atoms with Gasteiger partial charge in [-0.15, -0.1) is 0 Å². The quantitative estimate of drug-likeness (QED) is 0.588. The average molecular weight is 296 g/mol. The molecule has 0 spiro atoms. The van der Waals surface area contributed by atoms with Crippen LogP contribution >= 0.6 is 0 Å². The predicted molar refractivity (Wildman–Crippen MR) is 74.0 cm³/mol. The Hall–Kier alpha value is -2.19. The number of nitrogens with two attached hydrogens (primary N) is 1. The van der Waals surface area contributed by atoms with Crippen molar-refractivity contribution in [2.75, 3.05) is 10.1 Å². The Labute approximate surface area is 115 Å². The zero-order valence-electron chi connectivity index (χ0n) is 10.6. The monoisotopic (exact) mass is 296 g/mol. The molecule has 2 rings (SSSR count). The lowest BCUT2D eigenvalue weighted by atomic mass is 10.2. The summed E-state index contributed by atoms with van der Waals surface area (Å²) in [6.45, 7) is 1.60. The fourth-order valence-electron chi connectivity index (χ4n) is 1.65. The molecule has 4 N–H and O–H groups in total. The maximum Gasteiger partial charge on any atom is 0.265 e. The molecule has 0 aliphatic heterocycles. The van der Waals surface area contributed by atoms with Gasteiger partial charge in [-0.05, 0) is 36.8 Å². The normalized spacial score (nSPS) is 11.2. The molecule has 0 aliphatic rings. The highest BCUT2D eigenvalue weighted by atomic mass is 32.2. The summed E-state index contributed by atoms with van der Waals surface area (Å²) in [5, 5.41) is 0. The molecule has 0 radical (unpaired) electrons. The molecule has 1 aromatic heterocycles. The molecule has 8 heteroatoms. The van der Waals surface area contributed by atoms with E-state index in [1.807, 2.05) is 0 Å². The molecule has 106 valence electrons. The number of halogens is 1. The van der Waals surface area contributed by atoms with Crippen LogP contribution in [0.5, 0.6) is 0 Å². The van der Waals surface area contributed by atoms with E-state index >= 15 is 0 Å². The smallest absolute Gasteiger partial charge is 0.265 e. The number of aryl methyl sites for hydroxylation is 1. The van der Waals surface area contributed by atoms with Crippen molar-refractivity contribution in [3.8, 4) is 0 Å². The molecular formula is C12H13FN4O2S. The summed E-state index contributed by atoms with van der Waals surface area (Å²) in [5.74, 6) is 4.84. The molecule has 0 unspecified atom stereocenters. The Balaban J connectivity index is 2.41. The molecule has 2 aromatic rings. The van der Waals surface area contributed by atoms with E-state index in [4.69, 9.17) is 5.84 Å². The number of nitrogens with one attached hydrogen (secondary N) is 2. The number of hydrogen-bond donors (Lipinski definition) is 3. The molecule has 0 amide bonds. The van der Waals surface area contributed by atoms with Crippen molar-refractivity contribution < 1.29 is 12.8 Å². The van der Waals surface area contributed by atoms with Gasteiger partial charge < -0.3 is 5.43 Å². The van der Waals surface area contributed by atoms with Crippen molar-refractivity contribution in [3.05, 3.63) is 48.0 Å². The summed E-state index contributed by atoms with van der Waals surface area (Å²) in [4.78, 5) is 3.67. The number of aromatic nitrogens is 1. The SMILES string of the molecule is Cc1cc(F)ccc1NS(=O)(=O)c1cnccc1NN. The molecule has 0 saturated heterocycles. The van der Waals surface area contributed by atoms with Gasteiger partial charge in [0.1, 0.15) is 10.7 Å². The van der Waals surface area contributed by atoms with E-state index in [2.05, 4.69) is 15.1 Å². The number of sulfonamides is 1. The third-order valence-corrected chi connectivity index (χ3v) is 4.06. The van der Waals surface area contributed by atoms with E-state index in [9.17, 15) is 12.8 Å². The van der Waals surface area contributed by atoms with E-state index in [0.717, 1.165) is 0 Å². The fraction of sp³-hybridized carbons (Fsp3) is 0.0833. The molecule has 0 bridgehead atoms. The van der Waals surface area contributed by atoms with E-state index in [1.54, 1.807) is 6.92 Å². The van der Waals surface area contributed by atoms with E-state index in [-0.39, 0.29) is 10.6 Å². The van der Waals surface area contributed by atoms with Crippen LogP contribution in [-0.4, -0.2) is 13.4 Å². The summed E-state index contributed by atoms with van der Waals surface area (Å²) in [5.41, 5.74) is 3.27. The second kappa shape index (κ2) is 5.43. The van der Waals surface area contributed by atoms with Gasteiger partial charge in [0.05, 0.1) is 11.4 Å². The number of nitrogens with zero attached hydrogens (tertiary/aromatic N) is 1. The molecule has 0 aliphatic carbocycles. The Bertz CT molecular complexity index is 734. The highest BCUT2D eigenvalue weighted by molar-refractivity contribution is 7.92. The Kier molecular flexibility index (Phi) is 3.86. The van der Waals surface area contributed by atoms with E-state index in [0.29, 0.717) is 11.3 Å². The average Bonchev–Trinajstić information content (AvgIpc) is 2.42. The predicted octanol–water partition coefficient (Wildman–Crippen LogP) is 1.62. The first-order valence-electron chi connectivity index (χ1n) is 5.63. The first-order valence-corrected chi connectivity index (χ1v) is 7.12. The zero-order chi connectivity index (χ0) is 14.8. The standard InChI is InChI=1S/C12H13FN4O2S/c1-8-6-9(13)2-3-10(8)17-20(18,19)12-7-15-5-4-11(12)16-14/h2-7,17H,14H2,1H3,(H,15,16). The van der Waals surface area contributed by atoms with Gasteiger partial charge in [0.2, 0.25) is 0 Å². The topological polar surface area (TPSA) is 97.1 Å². The molecule has 6 nitrogen and oxygen atoms in total. The van der Waals surface area contributed by atoms with Crippen LogP contribution < -0.4 is 16.0 Å². The van der Waals surface area contributed by atoms with Crippen LogP contribution in [0, 0.1) is 12.7 Å². The molecule has 0 atom stereocenters. The molecule has 1 heterocycles. The van der Waals surface area contributed by atoms with Crippen LogP contribution in [0.4, 0.5) is 15.8 Å². The molecule has 1 aromatic carbocycles. The molecule has 20 heavy (non-hydrogen) atoms. The number of pyridine rings is 1. The lowest BCUT2D eigenvalue weighted by Crippen LogP contribution is -2.18. The van der Waals surface area contributed by atoms with Crippen LogP contribution in [0.3, 0.4) is 0 Å². The van der Waals surface area contributed by atoms with Crippen LogP contribution in [-0.2, 0) is 10.0 Å². The maximum atomic E-state index is 13.0. The number of hydrazine groups is 1. The van der Waals surface area contributed by atoms with Gasteiger partial charge in [0.15, 0.2) is 0 Å². The summed E-state index contributed by atoms with van der Waals surface area (Å²) >= 11 is 0. The first-order chi connectivity index (χ1) is 9.44. The minimum atomic E-state index is -3.87. The van der Waals surface area contributed by atoms with Crippen molar-refractivity contribution in [1.29, 1.82) is 0 Å². The van der Waals surface area contributed by atoms with Gasteiger partial charge in [-0.3, -0.25) is 15.5 Å².